The van der Waals surface area contributed by atoms with Crippen LogP contribution >= 0.6 is 0 Å². The van der Waals surface area contributed by atoms with Crippen LogP contribution in [-0.4, -0.2) is 119 Å². The van der Waals surface area contributed by atoms with Crippen LogP contribution in [0.4, 0.5) is 11.6 Å². The van der Waals surface area contributed by atoms with Crippen LogP contribution in [0.3, 0.4) is 0 Å². The Balaban J connectivity index is 1.32. The standard InChI is InChI=1S/C24H20B6N8O/c1-36-14-19(34-35-36)15-2-3-17-13-32-20(11-18(17)10-15)33-22(39)16-4-5-31-21(12-16)37-6-8-38(9-7-37,23(25,26)27)24(28,29)30/h2-5,10-14H,6-9H2,1H3/p+1. The first-order valence-corrected chi connectivity index (χ1v) is 12.3. The molecule has 1 aromatic carbocycles. The van der Waals surface area contributed by atoms with Crippen LogP contribution in [0.25, 0.3) is 22.0 Å². The Bertz CT molecular complexity index is 1510. The average Bonchev–Trinajstić information content (AvgIpc) is 3.33. The van der Waals surface area contributed by atoms with Gasteiger partial charge >= 0.3 is 0 Å². The molecule has 1 aliphatic rings. The number of aryl methyl sites for hydroxylation is 1. The van der Waals surface area contributed by atoms with Gasteiger partial charge in [-0.15, -0.1) is 5.10 Å². The summed E-state index contributed by atoms with van der Waals surface area (Å²) in [5, 5.41) is 9.38. The van der Waals surface area contributed by atoms with Crippen molar-refractivity contribution in [1.82, 2.24) is 25.0 Å². The summed E-state index contributed by atoms with van der Waals surface area (Å²) >= 11 is 0. The maximum atomic E-state index is 13.1. The smallest absolute Gasteiger partial charge is 0.257 e. The van der Waals surface area contributed by atoms with Crippen molar-refractivity contribution in [2.75, 3.05) is 36.4 Å². The predicted octanol–water partition coefficient (Wildman–Crippen LogP) is -0.452. The summed E-state index contributed by atoms with van der Waals surface area (Å²) in [4.78, 5) is 23.9. The van der Waals surface area contributed by atoms with Gasteiger partial charge in [-0.05, 0) is 40.1 Å². The minimum absolute atomic E-state index is 0.280. The molecule has 180 valence electrons. The molecule has 4 aromatic rings. The molecule has 39 heavy (non-hydrogen) atoms. The number of amides is 1. The van der Waals surface area contributed by atoms with Gasteiger partial charge in [0.05, 0.1) is 32.4 Å². The van der Waals surface area contributed by atoms with Gasteiger partial charge in [0.1, 0.15) is 64.4 Å². The third kappa shape index (κ3) is 5.24. The summed E-state index contributed by atoms with van der Waals surface area (Å²) in [5.41, 5.74) is 2.08. The first kappa shape index (κ1) is 27.1. The number of anilines is 2. The van der Waals surface area contributed by atoms with Crippen LogP contribution in [0.15, 0.2) is 55.0 Å². The average molecular weight is 502 g/mol. The minimum Gasteiger partial charge on any atom is -0.359 e. The third-order valence-electron chi connectivity index (χ3n) is 7.18. The monoisotopic (exact) mass is 503 g/mol. The van der Waals surface area contributed by atoms with Crippen molar-refractivity contribution < 1.29 is 9.28 Å². The summed E-state index contributed by atoms with van der Waals surface area (Å²) in [7, 11) is 37.9. The zero-order chi connectivity index (χ0) is 28.0. The molecule has 5 rings (SSSR count). The normalized spacial score (nSPS) is 15.8. The number of nitrogens with one attached hydrogen (secondary N) is 1. The van der Waals surface area contributed by atoms with Crippen LogP contribution in [-0.2, 0) is 7.05 Å². The summed E-state index contributed by atoms with van der Waals surface area (Å²) in [6.45, 7) is 1.39. The van der Waals surface area contributed by atoms with Crippen LogP contribution in [0.5, 0.6) is 0 Å². The van der Waals surface area contributed by atoms with Crippen molar-refractivity contribution >= 4 is 75.4 Å². The van der Waals surface area contributed by atoms with E-state index in [1.54, 1.807) is 29.2 Å². The lowest BCUT2D eigenvalue weighted by atomic mass is 9.38. The second-order valence-corrected chi connectivity index (χ2v) is 9.94. The number of carbonyl (C=O) groups excluding carboxylic acids is 1. The van der Waals surface area contributed by atoms with Crippen molar-refractivity contribution in [3.8, 4) is 11.3 Å². The number of piperazine rings is 1. The quantitative estimate of drug-likeness (QED) is 0.284. The molecule has 1 fully saturated rings. The maximum Gasteiger partial charge on any atom is 0.257 e. The Morgan fingerprint density at radius 3 is 2.31 bits per heavy atom. The molecule has 0 atom stereocenters. The van der Waals surface area contributed by atoms with Gasteiger partial charge in [0, 0.05) is 36.0 Å². The predicted molar refractivity (Wildman–Crippen MR) is 156 cm³/mol. The highest BCUT2D eigenvalue weighted by Crippen LogP contribution is 2.30. The van der Waals surface area contributed by atoms with E-state index in [9.17, 15) is 4.79 Å². The van der Waals surface area contributed by atoms with E-state index in [2.05, 4.69) is 25.6 Å². The Hall–Kier alpha value is -3.46. The maximum absolute atomic E-state index is 13.1. The molecular weight excluding hydrogens is 481 g/mol. The first-order valence-electron chi connectivity index (χ1n) is 12.3. The van der Waals surface area contributed by atoms with E-state index in [1.807, 2.05) is 42.4 Å². The number of fused-ring (bicyclic) bond motifs is 1. The zero-order valence-corrected chi connectivity index (χ0v) is 21.5. The van der Waals surface area contributed by atoms with Crippen LogP contribution in [0.1, 0.15) is 10.4 Å². The molecule has 1 amide bonds. The van der Waals surface area contributed by atoms with Crippen molar-refractivity contribution in [1.29, 1.82) is 0 Å². The van der Waals surface area contributed by atoms with E-state index in [-0.39, 0.29) is 23.5 Å². The lowest BCUT2D eigenvalue weighted by molar-refractivity contribution is -0.948. The molecule has 1 aliphatic heterocycles. The van der Waals surface area contributed by atoms with Crippen LogP contribution in [0, 0.1) is 0 Å². The summed E-state index contributed by atoms with van der Waals surface area (Å²) in [6, 6.07) is 11.0. The number of aromatic nitrogens is 5. The molecule has 12 radical (unpaired) electrons. The molecule has 0 aliphatic carbocycles. The summed E-state index contributed by atoms with van der Waals surface area (Å²) < 4.78 is 1.35. The molecule has 1 N–H and O–H groups in total. The second kappa shape index (κ2) is 9.93. The van der Waals surface area contributed by atoms with Gasteiger partial charge in [-0.25, -0.2) is 9.97 Å². The van der Waals surface area contributed by atoms with Crippen molar-refractivity contribution in [3.05, 3.63) is 60.6 Å². The van der Waals surface area contributed by atoms with Gasteiger partial charge in [0.15, 0.2) is 0 Å². The van der Waals surface area contributed by atoms with E-state index in [1.165, 1.54) is 0 Å². The number of nitrogens with zero attached hydrogens (tertiary/aromatic N) is 7. The number of hydrogen-bond acceptors (Lipinski definition) is 6. The Labute approximate surface area is 235 Å². The van der Waals surface area contributed by atoms with E-state index in [4.69, 9.17) is 47.1 Å². The topological polar surface area (TPSA) is 88.8 Å². The number of quaternary nitrogens is 1. The Morgan fingerprint density at radius 2 is 1.67 bits per heavy atom. The largest absolute Gasteiger partial charge is 0.359 e. The molecule has 0 bridgehead atoms. The van der Waals surface area contributed by atoms with Crippen molar-refractivity contribution in [2.24, 2.45) is 7.05 Å². The fraction of sp³-hybridized carbons (Fsp3) is 0.292. The van der Waals surface area contributed by atoms with Crippen LogP contribution < -0.4 is 10.2 Å². The minimum atomic E-state index is -1.73. The van der Waals surface area contributed by atoms with Gasteiger partial charge < -0.3 is 14.7 Å². The third-order valence-corrected chi connectivity index (χ3v) is 7.18. The number of rotatable bonds is 6. The van der Waals surface area contributed by atoms with Gasteiger partial charge in [0.25, 0.3) is 5.91 Å². The lowest BCUT2D eigenvalue weighted by Crippen LogP contribution is -2.81. The highest BCUT2D eigenvalue weighted by molar-refractivity contribution is 6.61. The molecule has 4 heterocycles. The zero-order valence-electron chi connectivity index (χ0n) is 21.5. The number of hydrogen-bond donors (Lipinski definition) is 1. The van der Waals surface area contributed by atoms with Gasteiger partial charge in [-0.3, -0.25) is 9.48 Å². The fourth-order valence-corrected chi connectivity index (χ4v) is 4.91. The van der Waals surface area contributed by atoms with E-state index >= 15 is 0 Å². The van der Waals surface area contributed by atoms with Gasteiger partial charge in [0.2, 0.25) is 0 Å². The van der Waals surface area contributed by atoms with Gasteiger partial charge in [-0.2, -0.15) is 0 Å². The van der Waals surface area contributed by atoms with E-state index < -0.39 is 10.5 Å². The SMILES string of the molecule is [B]C([B])([B])[N+]1(C([B])([B])[B])CCN(c2cc(C(=O)Nc3cc4cc(-c5cn(C)nn5)ccc4cn3)ccn2)CC1. The fourth-order valence-electron chi connectivity index (χ4n) is 4.91. The number of pyridine rings is 2. The number of benzene rings is 1. The summed E-state index contributed by atoms with van der Waals surface area (Å²) in [6.07, 6.45) is 5.12. The Morgan fingerprint density at radius 1 is 0.949 bits per heavy atom. The van der Waals surface area contributed by atoms with Crippen LogP contribution in [0.2, 0.25) is 0 Å². The Kier molecular flexibility index (Phi) is 6.91. The van der Waals surface area contributed by atoms with E-state index in [0.717, 1.165) is 22.0 Å². The van der Waals surface area contributed by atoms with Gasteiger partial charge in [-0.1, -0.05) is 17.3 Å². The summed E-state index contributed by atoms with van der Waals surface area (Å²) in [5.74, 6) is 0.680. The highest BCUT2D eigenvalue weighted by Gasteiger charge is 2.48. The molecule has 9 nitrogen and oxygen atoms in total. The lowest BCUT2D eigenvalue weighted by Gasteiger charge is -2.63. The number of carbonyl (C=O) groups is 1. The van der Waals surface area contributed by atoms with E-state index in [0.29, 0.717) is 30.3 Å². The molecule has 0 unspecified atom stereocenters. The molecule has 15 heteroatoms. The molecule has 1 saturated heterocycles. The first-order chi connectivity index (χ1) is 18.4. The molecular formula is C24H21B6N8O+. The molecule has 0 spiro atoms. The molecule has 3 aromatic heterocycles. The van der Waals surface area contributed by atoms with Crippen molar-refractivity contribution in [2.45, 2.75) is 10.5 Å². The second-order valence-electron chi connectivity index (χ2n) is 9.94. The molecule has 0 saturated carbocycles. The van der Waals surface area contributed by atoms with Crippen molar-refractivity contribution in [3.63, 3.8) is 0 Å². The highest BCUT2D eigenvalue weighted by atomic mass is 16.1.